The summed E-state index contributed by atoms with van der Waals surface area (Å²) in [6, 6.07) is 2.13. The Bertz CT molecular complexity index is 447. The molecular weight excluding hydrogens is 284 g/mol. The number of methoxy groups -OCH3 is 1. The highest BCUT2D eigenvalue weighted by Crippen LogP contribution is 2.32. The molecule has 1 aliphatic rings. The quantitative estimate of drug-likeness (QED) is 0.842. The van der Waals surface area contributed by atoms with E-state index < -0.39 is 0 Å². The molecule has 1 aromatic heterocycles. The van der Waals surface area contributed by atoms with Crippen molar-refractivity contribution in [1.29, 1.82) is 0 Å². The van der Waals surface area contributed by atoms with Gasteiger partial charge in [0.05, 0.1) is 18.7 Å². The summed E-state index contributed by atoms with van der Waals surface area (Å²) in [5.74, 6) is 0.570. The third-order valence-corrected chi connectivity index (χ3v) is 4.79. The lowest BCUT2D eigenvalue weighted by molar-refractivity contribution is -0.134. The fraction of sp³-hybridized carbons (Fsp3) is 0.688. The van der Waals surface area contributed by atoms with Crippen molar-refractivity contribution in [3.8, 4) is 0 Å². The summed E-state index contributed by atoms with van der Waals surface area (Å²) in [6.07, 6.45) is 1.86. The first-order chi connectivity index (χ1) is 10.1. The molecule has 2 heterocycles. The van der Waals surface area contributed by atoms with Crippen LogP contribution in [0.3, 0.4) is 0 Å². The van der Waals surface area contributed by atoms with Crippen molar-refractivity contribution in [3.63, 3.8) is 0 Å². The van der Waals surface area contributed by atoms with Crippen LogP contribution in [0.15, 0.2) is 16.8 Å². The van der Waals surface area contributed by atoms with Crippen molar-refractivity contribution < 1.29 is 9.53 Å². The summed E-state index contributed by atoms with van der Waals surface area (Å²) in [5.41, 5.74) is 1.17. The van der Waals surface area contributed by atoms with Gasteiger partial charge in [0, 0.05) is 7.11 Å². The third kappa shape index (κ3) is 3.47. The lowest BCUT2D eigenvalue weighted by Gasteiger charge is -2.34. The van der Waals surface area contributed by atoms with Crippen molar-refractivity contribution in [3.05, 3.63) is 22.4 Å². The van der Waals surface area contributed by atoms with Crippen LogP contribution >= 0.6 is 11.3 Å². The van der Waals surface area contributed by atoms with E-state index in [1.807, 2.05) is 4.90 Å². The van der Waals surface area contributed by atoms with Crippen LogP contribution in [-0.2, 0) is 9.53 Å². The largest absolute Gasteiger partial charge is 0.383 e. The smallest absolute Gasteiger partial charge is 0.241 e. The number of carbonyl (C=O) groups excluding carboxylic acids is 1. The van der Waals surface area contributed by atoms with Crippen molar-refractivity contribution in [1.82, 2.24) is 10.2 Å². The number of ether oxygens (including phenoxy) is 1. The minimum atomic E-state index is -0.0713. The van der Waals surface area contributed by atoms with E-state index in [4.69, 9.17) is 4.74 Å². The number of rotatable bonds is 7. The van der Waals surface area contributed by atoms with Gasteiger partial charge in [0.1, 0.15) is 6.17 Å². The van der Waals surface area contributed by atoms with Gasteiger partial charge in [-0.05, 0) is 34.7 Å². The van der Waals surface area contributed by atoms with Gasteiger partial charge in [-0.2, -0.15) is 11.3 Å². The SMILES string of the molecule is CCCC1NC(c2ccsc2)N(C(COC)C(C)C)C1=O. The molecular formula is C16H26N2O2S. The first-order valence-corrected chi connectivity index (χ1v) is 8.63. The Balaban J connectivity index is 2.29. The van der Waals surface area contributed by atoms with E-state index in [1.54, 1.807) is 18.4 Å². The molecule has 0 spiro atoms. The van der Waals surface area contributed by atoms with Gasteiger partial charge >= 0.3 is 0 Å². The zero-order chi connectivity index (χ0) is 15.4. The molecule has 1 N–H and O–H groups in total. The Morgan fingerprint density at radius 2 is 2.24 bits per heavy atom. The molecule has 2 rings (SSSR count). The summed E-state index contributed by atoms with van der Waals surface area (Å²) in [4.78, 5) is 14.8. The van der Waals surface area contributed by atoms with Crippen LogP contribution in [0.5, 0.6) is 0 Å². The van der Waals surface area contributed by atoms with Crippen LogP contribution < -0.4 is 5.32 Å². The second kappa shape index (κ2) is 7.38. The van der Waals surface area contributed by atoms with Crippen molar-refractivity contribution in [2.75, 3.05) is 13.7 Å². The average Bonchev–Trinajstić information content (AvgIpc) is 3.06. The van der Waals surface area contributed by atoms with Crippen LogP contribution in [0.4, 0.5) is 0 Å². The number of nitrogens with zero attached hydrogens (tertiary/aromatic N) is 1. The monoisotopic (exact) mass is 310 g/mol. The molecule has 1 saturated heterocycles. The molecule has 1 aromatic rings. The Kier molecular flexibility index (Phi) is 5.79. The number of amides is 1. The number of nitrogens with one attached hydrogen (secondary N) is 1. The number of hydrogen-bond acceptors (Lipinski definition) is 4. The molecule has 0 bridgehead atoms. The summed E-state index contributed by atoms with van der Waals surface area (Å²) in [6.45, 7) is 6.99. The molecule has 0 radical (unpaired) electrons. The van der Waals surface area contributed by atoms with Crippen LogP contribution in [0.1, 0.15) is 45.3 Å². The van der Waals surface area contributed by atoms with E-state index in [9.17, 15) is 4.79 Å². The predicted molar refractivity (Wildman–Crippen MR) is 86.2 cm³/mol. The predicted octanol–water partition coefficient (Wildman–Crippen LogP) is 3.02. The lowest BCUT2D eigenvalue weighted by Crippen LogP contribution is -2.45. The summed E-state index contributed by atoms with van der Waals surface area (Å²) in [5, 5.41) is 7.70. The molecule has 3 atom stereocenters. The minimum Gasteiger partial charge on any atom is -0.383 e. The summed E-state index contributed by atoms with van der Waals surface area (Å²) in [7, 11) is 1.70. The summed E-state index contributed by atoms with van der Waals surface area (Å²) < 4.78 is 5.37. The van der Waals surface area contributed by atoms with Gasteiger partial charge in [-0.15, -0.1) is 0 Å². The maximum absolute atomic E-state index is 12.8. The van der Waals surface area contributed by atoms with Crippen molar-refractivity contribution in [2.45, 2.75) is 51.9 Å². The molecule has 118 valence electrons. The molecule has 4 nitrogen and oxygen atoms in total. The highest BCUT2D eigenvalue weighted by Gasteiger charge is 2.43. The van der Waals surface area contributed by atoms with Gasteiger partial charge in [0.25, 0.3) is 0 Å². The molecule has 3 unspecified atom stereocenters. The summed E-state index contributed by atoms with van der Waals surface area (Å²) >= 11 is 1.67. The zero-order valence-corrected chi connectivity index (χ0v) is 14.2. The fourth-order valence-corrected chi connectivity index (χ4v) is 3.63. The maximum atomic E-state index is 12.8. The van der Waals surface area contributed by atoms with Gasteiger partial charge in [0.2, 0.25) is 5.91 Å². The Morgan fingerprint density at radius 3 is 2.76 bits per heavy atom. The van der Waals surface area contributed by atoms with E-state index >= 15 is 0 Å². The average molecular weight is 310 g/mol. The van der Waals surface area contributed by atoms with Crippen LogP contribution in [0.25, 0.3) is 0 Å². The van der Waals surface area contributed by atoms with Gasteiger partial charge in [-0.25, -0.2) is 0 Å². The molecule has 0 saturated carbocycles. The van der Waals surface area contributed by atoms with Crippen molar-refractivity contribution in [2.24, 2.45) is 5.92 Å². The molecule has 1 fully saturated rings. The van der Waals surface area contributed by atoms with Crippen LogP contribution in [-0.4, -0.2) is 36.6 Å². The van der Waals surface area contributed by atoms with E-state index in [2.05, 4.69) is 42.9 Å². The van der Waals surface area contributed by atoms with Gasteiger partial charge < -0.3 is 9.64 Å². The molecule has 21 heavy (non-hydrogen) atoms. The molecule has 0 aliphatic carbocycles. The molecule has 1 aliphatic heterocycles. The van der Waals surface area contributed by atoms with E-state index in [0.29, 0.717) is 12.5 Å². The highest BCUT2D eigenvalue weighted by molar-refractivity contribution is 7.07. The van der Waals surface area contributed by atoms with Crippen LogP contribution in [0.2, 0.25) is 0 Å². The first kappa shape index (κ1) is 16.5. The maximum Gasteiger partial charge on any atom is 0.241 e. The topological polar surface area (TPSA) is 41.6 Å². The second-order valence-corrected chi connectivity index (χ2v) is 6.76. The first-order valence-electron chi connectivity index (χ1n) is 7.69. The zero-order valence-electron chi connectivity index (χ0n) is 13.3. The minimum absolute atomic E-state index is 0.0251. The Hall–Kier alpha value is -0.910. The third-order valence-electron chi connectivity index (χ3n) is 4.09. The van der Waals surface area contributed by atoms with Gasteiger partial charge in [-0.1, -0.05) is 27.2 Å². The highest BCUT2D eigenvalue weighted by atomic mass is 32.1. The molecule has 5 heteroatoms. The second-order valence-electron chi connectivity index (χ2n) is 5.98. The fourth-order valence-electron chi connectivity index (χ4n) is 2.95. The van der Waals surface area contributed by atoms with Crippen LogP contribution in [0, 0.1) is 5.92 Å². The van der Waals surface area contributed by atoms with E-state index in [0.717, 1.165) is 12.8 Å². The van der Waals surface area contributed by atoms with E-state index in [-0.39, 0.29) is 24.2 Å². The Morgan fingerprint density at radius 1 is 1.48 bits per heavy atom. The molecule has 0 aromatic carbocycles. The number of carbonyl (C=O) groups is 1. The van der Waals surface area contributed by atoms with E-state index in [1.165, 1.54) is 5.56 Å². The molecule has 1 amide bonds. The van der Waals surface area contributed by atoms with Gasteiger partial charge in [-0.3, -0.25) is 10.1 Å². The lowest BCUT2D eigenvalue weighted by atomic mass is 10.0. The Labute approximate surface area is 131 Å². The van der Waals surface area contributed by atoms with Gasteiger partial charge in [0.15, 0.2) is 0 Å². The number of hydrogen-bond donors (Lipinski definition) is 1. The van der Waals surface area contributed by atoms with Crippen molar-refractivity contribution >= 4 is 17.2 Å². The number of thiophene rings is 1. The normalized spacial score (nSPS) is 24.0. The standard InChI is InChI=1S/C16H26N2O2S/c1-5-6-13-16(19)18(14(9-20-4)11(2)3)15(17-13)12-7-8-21-10-12/h7-8,10-11,13-15,17H,5-6,9H2,1-4H3.